The van der Waals surface area contributed by atoms with E-state index in [1.165, 1.54) is 29.7 Å². The van der Waals surface area contributed by atoms with Gasteiger partial charge in [-0.2, -0.15) is 0 Å². The minimum absolute atomic E-state index is 0.371. The number of hydrogen-bond acceptors (Lipinski definition) is 3. The standard InChI is InChI=1S/C18H24Cl2N2O/c1-4-16(21-23-3)18-13(10-12-6-8-17(18)22(12)2)11-5-7-14(19)15(20)9-11/h5,7,9,12-13,17,21H,4,6,8,10H2,1-3H3/t12?,13-,17+/m0/s1. The molecule has 0 spiro atoms. The number of hydrogen-bond donors (Lipinski definition) is 1. The first kappa shape index (κ1) is 17.1. The predicted molar refractivity (Wildman–Crippen MR) is 95.9 cm³/mol. The number of piperidine rings is 1. The molecular formula is C18H24Cl2N2O. The highest BCUT2D eigenvalue weighted by Crippen LogP contribution is 2.47. The van der Waals surface area contributed by atoms with Crippen LogP contribution in [0.1, 0.15) is 44.1 Å². The first-order chi connectivity index (χ1) is 11.1. The van der Waals surface area contributed by atoms with E-state index in [0.717, 1.165) is 12.8 Å². The second-order valence-electron chi connectivity index (χ2n) is 6.47. The Balaban J connectivity index is 2.07. The number of nitrogens with zero attached hydrogens (tertiary/aromatic N) is 1. The van der Waals surface area contributed by atoms with E-state index in [2.05, 4.69) is 30.4 Å². The molecule has 0 aliphatic carbocycles. The molecule has 2 aliphatic rings. The molecule has 3 atom stereocenters. The summed E-state index contributed by atoms with van der Waals surface area (Å²) in [6.45, 7) is 2.17. The van der Waals surface area contributed by atoms with Crippen molar-refractivity contribution in [2.45, 2.75) is 50.6 Å². The van der Waals surface area contributed by atoms with Crippen LogP contribution in [0.3, 0.4) is 0 Å². The average molecular weight is 355 g/mol. The Morgan fingerprint density at radius 2 is 2.09 bits per heavy atom. The molecular weight excluding hydrogens is 331 g/mol. The lowest BCUT2D eigenvalue weighted by atomic mass is 9.79. The summed E-state index contributed by atoms with van der Waals surface area (Å²) in [6, 6.07) is 7.17. The average Bonchev–Trinajstić information content (AvgIpc) is 2.78. The van der Waals surface area contributed by atoms with Crippen molar-refractivity contribution >= 4 is 23.2 Å². The SMILES string of the molecule is CCC(NOC)=C1[C@H](c2ccc(Cl)c(Cl)c2)CC2CC[C@H]1N2C. The number of halogens is 2. The molecule has 0 amide bonds. The summed E-state index contributed by atoms with van der Waals surface area (Å²) in [4.78, 5) is 7.77. The van der Waals surface area contributed by atoms with Crippen molar-refractivity contribution in [3.8, 4) is 0 Å². The fourth-order valence-corrected chi connectivity index (χ4v) is 4.52. The van der Waals surface area contributed by atoms with Crippen LogP contribution in [0.5, 0.6) is 0 Å². The van der Waals surface area contributed by atoms with E-state index in [-0.39, 0.29) is 0 Å². The van der Waals surface area contributed by atoms with Crippen molar-refractivity contribution in [1.29, 1.82) is 0 Å². The minimum atomic E-state index is 0.371. The molecule has 5 heteroatoms. The predicted octanol–water partition coefficient (Wildman–Crippen LogP) is 4.76. The van der Waals surface area contributed by atoms with Crippen LogP contribution >= 0.6 is 23.2 Å². The van der Waals surface area contributed by atoms with Crippen molar-refractivity contribution in [2.75, 3.05) is 14.2 Å². The zero-order valence-electron chi connectivity index (χ0n) is 13.9. The van der Waals surface area contributed by atoms with Crippen molar-refractivity contribution in [1.82, 2.24) is 10.4 Å². The Kier molecular flexibility index (Phi) is 5.22. The third-order valence-corrected chi connectivity index (χ3v) is 6.10. The van der Waals surface area contributed by atoms with Gasteiger partial charge in [0.1, 0.15) is 0 Å². The lowest BCUT2D eigenvalue weighted by Gasteiger charge is -2.40. The van der Waals surface area contributed by atoms with Crippen LogP contribution < -0.4 is 5.48 Å². The van der Waals surface area contributed by atoms with Gasteiger partial charge in [-0.1, -0.05) is 36.2 Å². The summed E-state index contributed by atoms with van der Waals surface area (Å²) < 4.78 is 0. The summed E-state index contributed by atoms with van der Waals surface area (Å²) in [5, 5.41) is 1.25. The molecule has 0 aromatic heterocycles. The summed E-state index contributed by atoms with van der Waals surface area (Å²) in [7, 11) is 3.92. The number of allylic oxidation sites excluding steroid dienone is 1. The number of likely N-dealkylation sites (N-methyl/N-ethyl adjacent to an activating group) is 1. The van der Waals surface area contributed by atoms with Gasteiger partial charge in [-0.3, -0.25) is 15.2 Å². The minimum Gasteiger partial charge on any atom is -0.297 e. The summed E-state index contributed by atoms with van der Waals surface area (Å²) >= 11 is 12.4. The van der Waals surface area contributed by atoms with Crippen LogP contribution in [0, 0.1) is 0 Å². The van der Waals surface area contributed by atoms with Gasteiger partial charge in [-0.25, -0.2) is 0 Å². The van der Waals surface area contributed by atoms with Crippen molar-refractivity contribution in [3.63, 3.8) is 0 Å². The third kappa shape index (κ3) is 3.12. The highest BCUT2D eigenvalue weighted by molar-refractivity contribution is 6.42. The van der Waals surface area contributed by atoms with Gasteiger partial charge >= 0.3 is 0 Å². The Morgan fingerprint density at radius 3 is 2.74 bits per heavy atom. The quantitative estimate of drug-likeness (QED) is 0.789. The van der Waals surface area contributed by atoms with Crippen molar-refractivity contribution in [3.05, 3.63) is 45.1 Å². The van der Waals surface area contributed by atoms with Crippen LogP contribution in [0.15, 0.2) is 29.5 Å². The van der Waals surface area contributed by atoms with Gasteiger partial charge in [0.25, 0.3) is 0 Å². The van der Waals surface area contributed by atoms with Crippen LogP contribution in [0.2, 0.25) is 10.0 Å². The highest BCUT2D eigenvalue weighted by Gasteiger charge is 2.43. The Labute approximate surface area is 148 Å². The van der Waals surface area contributed by atoms with Gasteiger partial charge in [-0.15, -0.1) is 0 Å². The van der Waals surface area contributed by atoms with Crippen LogP contribution in [-0.4, -0.2) is 31.1 Å². The van der Waals surface area contributed by atoms with Crippen LogP contribution in [0.25, 0.3) is 0 Å². The molecule has 1 aromatic rings. The number of benzene rings is 1. The Bertz CT molecular complexity index is 617. The molecule has 1 unspecified atom stereocenters. The third-order valence-electron chi connectivity index (χ3n) is 5.36. The molecule has 3 rings (SSSR count). The fourth-order valence-electron chi connectivity index (χ4n) is 4.22. The van der Waals surface area contributed by atoms with E-state index in [0.29, 0.717) is 28.0 Å². The maximum Gasteiger partial charge on any atom is 0.0636 e. The number of rotatable bonds is 4. The van der Waals surface area contributed by atoms with E-state index in [1.54, 1.807) is 7.11 Å². The zero-order valence-corrected chi connectivity index (χ0v) is 15.4. The molecule has 23 heavy (non-hydrogen) atoms. The molecule has 2 saturated heterocycles. The largest absolute Gasteiger partial charge is 0.297 e. The normalized spacial score (nSPS) is 29.7. The van der Waals surface area contributed by atoms with Crippen LogP contribution in [-0.2, 0) is 4.84 Å². The van der Waals surface area contributed by atoms with E-state index in [4.69, 9.17) is 28.0 Å². The first-order valence-electron chi connectivity index (χ1n) is 8.25. The number of hydroxylamine groups is 1. The van der Waals surface area contributed by atoms with Crippen molar-refractivity contribution < 1.29 is 4.84 Å². The summed E-state index contributed by atoms with van der Waals surface area (Å²) in [5.74, 6) is 0.371. The van der Waals surface area contributed by atoms with E-state index < -0.39 is 0 Å². The molecule has 126 valence electrons. The summed E-state index contributed by atoms with van der Waals surface area (Å²) in [5.41, 5.74) is 7.02. The molecule has 0 saturated carbocycles. The van der Waals surface area contributed by atoms with Gasteiger partial charge in [0.15, 0.2) is 0 Å². The lowest BCUT2D eigenvalue weighted by Crippen LogP contribution is -2.42. The maximum atomic E-state index is 6.27. The van der Waals surface area contributed by atoms with Crippen molar-refractivity contribution in [2.24, 2.45) is 0 Å². The summed E-state index contributed by atoms with van der Waals surface area (Å²) in [6.07, 6.45) is 4.51. The van der Waals surface area contributed by atoms with E-state index in [1.807, 2.05) is 12.1 Å². The Morgan fingerprint density at radius 1 is 1.30 bits per heavy atom. The van der Waals surface area contributed by atoms with Gasteiger partial charge in [0.05, 0.1) is 17.2 Å². The zero-order chi connectivity index (χ0) is 16.6. The second-order valence-corrected chi connectivity index (χ2v) is 7.28. The monoisotopic (exact) mass is 354 g/mol. The van der Waals surface area contributed by atoms with Gasteiger partial charge in [-0.05, 0) is 56.0 Å². The molecule has 1 N–H and O–H groups in total. The molecule has 0 radical (unpaired) electrons. The molecule has 2 aliphatic heterocycles. The number of nitrogens with one attached hydrogen (secondary N) is 1. The van der Waals surface area contributed by atoms with Gasteiger partial charge in [0.2, 0.25) is 0 Å². The fraction of sp³-hybridized carbons (Fsp3) is 0.556. The lowest BCUT2D eigenvalue weighted by molar-refractivity contribution is 0.110. The van der Waals surface area contributed by atoms with Gasteiger partial charge < -0.3 is 0 Å². The number of fused-ring (bicyclic) bond motifs is 2. The Hall–Kier alpha value is -0.740. The molecule has 3 nitrogen and oxygen atoms in total. The smallest absolute Gasteiger partial charge is 0.0636 e. The molecule has 2 fully saturated rings. The second kappa shape index (κ2) is 7.02. The van der Waals surface area contributed by atoms with E-state index >= 15 is 0 Å². The van der Waals surface area contributed by atoms with Gasteiger partial charge in [0, 0.05) is 23.7 Å². The molecule has 1 aromatic carbocycles. The molecule has 2 bridgehead atoms. The van der Waals surface area contributed by atoms with Crippen LogP contribution in [0.4, 0.5) is 0 Å². The highest BCUT2D eigenvalue weighted by atomic mass is 35.5. The maximum absolute atomic E-state index is 6.27. The first-order valence-corrected chi connectivity index (χ1v) is 9.01. The topological polar surface area (TPSA) is 24.5 Å². The van der Waals surface area contributed by atoms with E-state index in [9.17, 15) is 0 Å². The molecule has 2 heterocycles.